The van der Waals surface area contributed by atoms with Gasteiger partial charge in [-0.1, -0.05) is 12.8 Å². The number of rotatable bonds is 6. The molecule has 0 amide bonds. The van der Waals surface area contributed by atoms with E-state index in [0.29, 0.717) is 29.9 Å². The second kappa shape index (κ2) is 5.88. The molecule has 1 aromatic heterocycles. The number of hydrogen-bond acceptors (Lipinski definition) is 4. The summed E-state index contributed by atoms with van der Waals surface area (Å²) >= 11 is 0. The number of aliphatic hydroxyl groups excluding tert-OH is 1. The van der Waals surface area contributed by atoms with E-state index >= 15 is 0 Å². The Bertz CT molecular complexity index is 411. The molecule has 4 nitrogen and oxygen atoms in total. The molecular formula is C16H25NO3. The molecule has 0 aromatic carbocycles. The van der Waals surface area contributed by atoms with Crippen LogP contribution in [0.25, 0.3) is 0 Å². The van der Waals surface area contributed by atoms with Crippen molar-refractivity contribution in [1.82, 2.24) is 5.32 Å². The highest BCUT2D eigenvalue weighted by atomic mass is 16.5. The zero-order chi connectivity index (χ0) is 14.0. The lowest BCUT2D eigenvalue weighted by atomic mass is 9.60. The lowest BCUT2D eigenvalue weighted by Gasteiger charge is -2.54. The van der Waals surface area contributed by atoms with Gasteiger partial charge in [-0.3, -0.25) is 0 Å². The average Bonchev–Trinajstić information content (AvgIpc) is 3.13. The Morgan fingerprint density at radius 2 is 2.30 bits per heavy atom. The van der Waals surface area contributed by atoms with E-state index in [1.807, 2.05) is 12.1 Å². The van der Waals surface area contributed by atoms with Gasteiger partial charge in [0.05, 0.1) is 12.4 Å². The van der Waals surface area contributed by atoms with Crippen molar-refractivity contribution in [3.05, 3.63) is 24.2 Å². The molecule has 3 unspecified atom stereocenters. The molecule has 2 saturated carbocycles. The summed E-state index contributed by atoms with van der Waals surface area (Å²) in [5.41, 5.74) is 0.318. The molecular weight excluding hydrogens is 254 g/mol. The topological polar surface area (TPSA) is 54.6 Å². The SMILES string of the molecule is CCOC1CC(NCC(O)c2ccco2)C12CCCC2. The number of hydrogen-bond donors (Lipinski definition) is 2. The third-order valence-electron chi connectivity index (χ3n) is 5.12. The van der Waals surface area contributed by atoms with Gasteiger partial charge in [0.2, 0.25) is 0 Å². The van der Waals surface area contributed by atoms with Crippen LogP contribution in [0.15, 0.2) is 22.8 Å². The van der Waals surface area contributed by atoms with E-state index in [2.05, 4.69) is 12.2 Å². The molecule has 1 spiro atoms. The molecule has 20 heavy (non-hydrogen) atoms. The fourth-order valence-electron chi connectivity index (χ4n) is 4.01. The molecule has 2 aliphatic rings. The largest absolute Gasteiger partial charge is 0.467 e. The van der Waals surface area contributed by atoms with Crippen molar-refractivity contribution in [2.75, 3.05) is 13.2 Å². The molecule has 0 bridgehead atoms. The van der Waals surface area contributed by atoms with Crippen LogP contribution in [0.4, 0.5) is 0 Å². The van der Waals surface area contributed by atoms with Crippen molar-refractivity contribution in [2.45, 2.75) is 57.3 Å². The Balaban J connectivity index is 1.55. The smallest absolute Gasteiger partial charge is 0.133 e. The average molecular weight is 279 g/mol. The highest BCUT2D eigenvalue weighted by molar-refractivity contribution is 5.11. The van der Waals surface area contributed by atoms with Crippen LogP contribution in [-0.2, 0) is 4.74 Å². The number of aliphatic hydroxyl groups is 1. The number of nitrogens with one attached hydrogen (secondary N) is 1. The van der Waals surface area contributed by atoms with Gasteiger partial charge in [0.25, 0.3) is 0 Å². The Labute approximate surface area is 120 Å². The molecule has 0 aliphatic heterocycles. The van der Waals surface area contributed by atoms with Gasteiger partial charge in [-0.2, -0.15) is 0 Å². The lowest BCUT2D eigenvalue weighted by molar-refractivity contribution is -0.131. The van der Waals surface area contributed by atoms with Crippen LogP contribution in [0.1, 0.15) is 50.9 Å². The first-order chi connectivity index (χ1) is 9.76. The highest BCUT2D eigenvalue weighted by Crippen LogP contribution is 2.54. The van der Waals surface area contributed by atoms with Crippen molar-refractivity contribution in [2.24, 2.45) is 5.41 Å². The standard InChI is InChI=1S/C16H25NO3/c1-2-19-15-10-14(16(15)7-3-4-8-16)17-11-12(18)13-6-5-9-20-13/h5-6,9,12,14-15,17-18H,2-4,7-8,10-11H2,1H3. The van der Waals surface area contributed by atoms with Crippen LogP contribution in [0, 0.1) is 5.41 Å². The summed E-state index contributed by atoms with van der Waals surface area (Å²) in [6, 6.07) is 4.11. The molecule has 0 saturated heterocycles. The molecule has 1 heterocycles. The summed E-state index contributed by atoms with van der Waals surface area (Å²) in [5, 5.41) is 13.6. The third kappa shape index (κ3) is 2.41. The van der Waals surface area contributed by atoms with Crippen LogP contribution < -0.4 is 5.32 Å². The summed E-state index contributed by atoms with van der Waals surface area (Å²) in [4.78, 5) is 0. The zero-order valence-corrected chi connectivity index (χ0v) is 12.2. The van der Waals surface area contributed by atoms with Crippen LogP contribution in [-0.4, -0.2) is 30.4 Å². The van der Waals surface area contributed by atoms with Gasteiger partial charge in [0.15, 0.2) is 0 Å². The quantitative estimate of drug-likeness (QED) is 0.840. The fourth-order valence-corrected chi connectivity index (χ4v) is 4.01. The van der Waals surface area contributed by atoms with Crippen LogP contribution in [0.5, 0.6) is 0 Å². The molecule has 1 aromatic rings. The van der Waals surface area contributed by atoms with E-state index in [1.54, 1.807) is 6.26 Å². The Morgan fingerprint density at radius 3 is 2.95 bits per heavy atom. The van der Waals surface area contributed by atoms with Gasteiger partial charge in [0, 0.05) is 24.6 Å². The van der Waals surface area contributed by atoms with Gasteiger partial charge in [-0.15, -0.1) is 0 Å². The zero-order valence-electron chi connectivity index (χ0n) is 12.2. The third-order valence-corrected chi connectivity index (χ3v) is 5.12. The molecule has 4 heteroatoms. The van der Waals surface area contributed by atoms with Gasteiger partial charge >= 0.3 is 0 Å². The van der Waals surface area contributed by atoms with E-state index in [1.165, 1.54) is 25.7 Å². The molecule has 3 atom stereocenters. The second-order valence-electron chi connectivity index (χ2n) is 6.11. The molecule has 2 fully saturated rings. The monoisotopic (exact) mass is 279 g/mol. The Kier molecular flexibility index (Phi) is 4.15. The first kappa shape index (κ1) is 14.1. The maximum absolute atomic E-state index is 10.1. The van der Waals surface area contributed by atoms with Gasteiger partial charge in [-0.05, 0) is 38.3 Å². The van der Waals surface area contributed by atoms with Crippen molar-refractivity contribution >= 4 is 0 Å². The maximum atomic E-state index is 10.1. The van der Waals surface area contributed by atoms with Gasteiger partial charge < -0.3 is 19.6 Å². The number of furan rings is 1. The number of ether oxygens (including phenoxy) is 1. The molecule has 2 N–H and O–H groups in total. The van der Waals surface area contributed by atoms with Crippen molar-refractivity contribution < 1.29 is 14.3 Å². The highest BCUT2D eigenvalue weighted by Gasteiger charge is 2.56. The van der Waals surface area contributed by atoms with Crippen molar-refractivity contribution in [1.29, 1.82) is 0 Å². The van der Waals surface area contributed by atoms with Crippen molar-refractivity contribution in [3.8, 4) is 0 Å². The molecule has 0 radical (unpaired) electrons. The Hall–Kier alpha value is -0.840. The van der Waals surface area contributed by atoms with E-state index < -0.39 is 6.10 Å². The van der Waals surface area contributed by atoms with Crippen LogP contribution in [0.2, 0.25) is 0 Å². The molecule has 112 valence electrons. The van der Waals surface area contributed by atoms with E-state index in [4.69, 9.17) is 9.15 Å². The first-order valence-corrected chi connectivity index (χ1v) is 7.82. The fraction of sp³-hybridized carbons (Fsp3) is 0.750. The summed E-state index contributed by atoms with van der Waals surface area (Å²) in [7, 11) is 0. The minimum absolute atomic E-state index is 0.318. The Morgan fingerprint density at radius 1 is 1.50 bits per heavy atom. The lowest BCUT2D eigenvalue weighted by Crippen LogP contribution is -2.63. The minimum Gasteiger partial charge on any atom is -0.467 e. The summed E-state index contributed by atoms with van der Waals surface area (Å²) in [6.07, 6.45) is 7.65. The minimum atomic E-state index is -0.561. The second-order valence-corrected chi connectivity index (χ2v) is 6.11. The molecule has 2 aliphatic carbocycles. The summed E-state index contributed by atoms with van der Waals surface area (Å²) in [5.74, 6) is 0.638. The van der Waals surface area contributed by atoms with Crippen molar-refractivity contribution in [3.63, 3.8) is 0 Å². The summed E-state index contributed by atoms with van der Waals surface area (Å²) in [6.45, 7) is 3.43. The first-order valence-electron chi connectivity index (χ1n) is 7.82. The normalized spacial score (nSPS) is 29.5. The van der Waals surface area contributed by atoms with Gasteiger partial charge in [-0.25, -0.2) is 0 Å². The predicted molar refractivity (Wildman–Crippen MR) is 76.4 cm³/mol. The van der Waals surface area contributed by atoms with Gasteiger partial charge in [0.1, 0.15) is 11.9 Å². The van der Waals surface area contributed by atoms with Crippen LogP contribution in [0.3, 0.4) is 0 Å². The predicted octanol–water partition coefficient (Wildman–Crippen LogP) is 2.64. The van der Waals surface area contributed by atoms with E-state index in [0.717, 1.165) is 13.0 Å². The van der Waals surface area contributed by atoms with Crippen LogP contribution >= 0.6 is 0 Å². The maximum Gasteiger partial charge on any atom is 0.133 e. The van der Waals surface area contributed by atoms with E-state index in [-0.39, 0.29) is 0 Å². The van der Waals surface area contributed by atoms with E-state index in [9.17, 15) is 5.11 Å². The summed E-state index contributed by atoms with van der Waals surface area (Å²) < 4.78 is 11.1. The molecule has 3 rings (SSSR count).